The van der Waals surface area contributed by atoms with Crippen molar-refractivity contribution in [2.75, 3.05) is 13.1 Å². The summed E-state index contributed by atoms with van der Waals surface area (Å²) in [5.41, 5.74) is 5.38. The van der Waals surface area contributed by atoms with Crippen LogP contribution in [0.2, 0.25) is 0 Å². The highest BCUT2D eigenvalue weighted by molar-refractivity contribution is 7.77. The van der Waals surface area contributed by atoms with Crippen molar-refractivity contribution in [1.82, 2.24) is 9.62 Å². The fraction of sp³-hybridized carbons (Fsp3) is 0.455. The highest BCUT2D eigenvalue weighted by Crippen LogP contribution is 2.36. The molecule has 1 aliphatic heterocycles. The minimum atomic E-state index is -0.105. The molecule has 37 heavy (non-hydrogen) atoms. The van der Waals surface area contributed by atoms with Crippen LogP contribution in [0.4, 0.5) is 4.39 Å². The van der Waals surface area contributed by atoms with Crippen LogP contribution in [0.5, 0.6) is 0 Å². The van der Waals surface area contributed by atoms with Crippen LogP contribution in [0, 0.1) is 25.6 Å². The first kappa shape index (κ1) is 36.9. The quantitative estimate of drug-likeness (QED) is 0.211. The number of allylic oxidation sites excluding steroid dienone is 2. The van der Waals surface area contributed by atoms with Crippen molar-refractivity contribution in [2.45, 2.75) is 80.7 Å². The van der Waals surface area contributed by atoms with Crippen LogP contribution in [-0.4, -0.2) is 22.9 Å². The smallest absolute Gasteiger partial charge is 0.126 e. The van der Waals surface area contributed by atoms with E-state index in [2.05, 4.69) is 87.2 Å². The Balaban J connectivity index is 0. The molecule has 1 fully saturated rings. The van der Waals surface area contributed by atoms with Gasteiger partial charge in [-0.3, -0.25) is 0 Å². The Kier molecular flexibility index (Phi) is 20.6. The van der Waals surface area contributed by atoms with Crippen LogP contribution in [0.3, 0.4) is 0 Å². The highest BCUT2D eigenvalue weighted by Gasteiger charge is 2.45. The average Bonchev–Trinajstić information content (AvgIpc) is 2.92. The molecule has 2 aromatic rings. The Labute approximate surface area is 234 Å². The van der Waals surface area contributed by atoms with E-state index in [-0.39, 0.29) is 11.4 Å². The van der Waals surface area contributed by atoms with Gasteiger partial charge >= 0.3 is 0 Å². The molecule has 4 heteroatoms. The third-order valence-electron chi connectivity index (χ3n) is 6.08. The van der Waals surface area contributed by atoms with E-state index in [1.165, 1.54) is 11.1 Å². The molecule has 2 nitrogen and oxygen atoms in total. The van der Waals surface area contributed by atoms with Crippen LogP contribution in [0.15, 0.2) is 80.1 Å². The normalized spacial score (nSPS) is 17.3. The molecule has 1 aliphatic rings. The number of aryl methyl sites for hydroxylation is 4. The lowest BCUT2D eigenvalue weighted by Crippen LogP contribution is -2.64. The maximum Gasteiger partial charge on any atom is 0.126 e. The predicted octanol–water partition coefficient (Wildman–Crippen LogP) is 9.30. The van der Waals surface area contributed by atoms with Gasteiger partial charge in [-0.05, 0) is 75.3 Å². The van der Waals surface area contributed by atoms with Crippen LogP contribution in [0.1, 0.15) is 70.7 Å². The van der Waals surface area contributed by atoms with Gasteiger partial charge in [-0.2, -0.15) is 0 Å². The first-order valence-electron chi connectivity index (χ1n) is 13.5. The van der Waals surface area contributed by atoms with Crippen molar-refractivity contribution in [3.63, 3.8) is 0 Å². The SMILES string of the molecule is C=CC.C=CC(=C)NCC1(C)C(C)CN1S.CC.CC.Cc1ccc(CCc2ccc(C)c(F)c2)cc1. The summed E-state index contributed by atoms with van der Waals surface area (Å²) in [6, 6.07) is 14.0. The molecule has 0 radical (unpaired) electrons. The third kappa shape index (κ3) is 13.7. The molecule has 1 saturated heterocycles. The Morgan fingerprint density at radius 3 is 1.97 bits per heavy atom. The van der Waals surface area contributed by atoms with E-state index in [1.54, 1.807) is 25.1 Å². The van der Waals surface area contributed by atoms with E-state index in [0.717, 1.165) is 37.2 Å². The van der Waals surface area contributed by atoms with Crippen molar-refractivity contribution in [2.24, 2.45) is 5.92 Å². The van der Waals surface area contributed by atoms with E-state index < -0.39 is 0 Å². The van der Waals surface area contributed by atoms with E-state index in [1.807, 2.05) is 46.8 Å². The third-order valence-corrected chi connectivity index (χ3v) is 6.70. The standard InChI is InChI=1S/C16H17F.C10H18N2S.C3H6.2C2H6/c1-12-3-6-14(7-4-12)9-10-15-8-5-13(2)16(17)11-15;1-5-9(3)11-7-10(4)8(2)6-12(10)13;1-3-2;2*1-2/h3-8,11H,9-10H2,1-2H3;5,8,11,13H,1,3,6-7H2,2,4H3;3H,1H2,2H3;2*1-2H3. The number of hydrogen-bond donors (Lipinski definition) is 2. The summed E-state index contributed by atoms with van der Waals surface area (Å²) in [6.45, 7) is 31.0. The zero-order valence-electron chi connectivity index (χ0n) is 25.0. The number of rotatable bonds is 7. The molecule has 0 spiro atoms. The highest BCUT2D eigenvalue weighted by atomic mass is 32.1. The summed E-state index contributed by atoms with van der Waals surface area (Å²) in [5.74, 6) is 0.571. The van der Waals surface area contributed by atoms with Crippen LogP contribution in [0.25, 0.3) is 0 Å². The maximum absolute atomic E-state index is 13.4. The Morgan fingerprint density at radius 2 is 1.54 bits per heavy atom. The van der Waals surface area contributed by atoms with Gasteiger partial charge in [0.25, 0.3) is 0 Å². The number of halogens is 1. The number of benzene rings is 2. The fourth-order valence-electron chi connectivity index (χ4n) is 3.27. The Bertz CT molecular complexity index is 897. The van der Waals surface area contributed by atoms with Gasteiger partial charge in [0.15, 0.2) is 0 Å². The topological polar surface area (TPSA) is 15.3 Å². The molecule has 2 unspecified atom stereocenters. The monoisotopic (exact) mass is 528 g/mol. The Morgan fingerprint density at radius 1 is 1.05 bits per heavy atom. The van der Waals surface area contributed by atoms with Gasteiger partial charge < -0.3 is 5.32 Å². The molecule has 0 amide bonds. The first-order valence-corrected chi connectivity index (χ1v) is 13.9. The summed E-state index contributed by atoms with van der Waals surface area (Å²) < 4.78 is 15.4. The zero-order chi connectivity index (χ0) is 29.0. The van der Waals surface area contributed by atoms with Gasteiger partial charge in [0, 0.05) is 24.3 Å². The summed E-state index contributed by atoms with van der Waals surface area (Å²) >= 11 is 4.39. The van der Waals surface area contributed by atoms with Gasteiger partial charge in [-0.15, -0.1) is 6.58 Å². The minimum Gasteiger partial charge on any atom is -0.384 e. The molecule has 0 aromatic heterocycles. The van der Waals surface area contributed by atoms with E-state index in [4.69, 9.17) is 0 Å². The molecule has 0 bridgehead atoms. The minimum absolute atomic E-state index is 0.105. The largest absolute Gasteiger partial charge is 0.384 e. The van der Waals surface area contributed by atoms with Crippen molar-refractivity contribution in [1.29, 1.82) is 0 Å². The lowest BCUT2D eigenvalue weighted by molar-refractivity contribution is 0.0314. The summed E-state index contributed by atoms with van der Waals surface area (Å²) in [4.78, 5) is 0. The Hall–Kier alpha value is -2.30. The zero-order valence-corrected chi connectivity index (χ0v) is 25.9. The molecule has 1 N–H and O–H groups in total. The molecular weight excluding hydrogens is 475 g/mol. The number of hydrogen-bond acceptors (Lipinski definition) is 3. The lowest BCUT2D eigenvalue weighted by atomic mass is 9.79. The molecule has 2 aromatic carbocycles. The average molecular weight is 529 g/mol. The van der Waals surface area contributed by atoms with Crippen molar-refractivity contribution >= 4 is 12.8 Å². The summed E-state index contributed by atoms with van der Waals surface area (Å²) in [7, 11) is 0. The second-order valence-electron chi connectivity index (χ2n) is 8.90. The van der Waals surface area contributed by atoms with Gasteiger partial charge in [-0.1, -0.05) is 109 Å². The van der Waals surface area contributed by atoms with Crippen LogP contribution < -0.4 is 5.32 Å². The van der Waals surface area contributed by atoms with Gasteiger partial charge in [0.2, 0.25) is 0 Å². The van der Waals surface area contributed by atoms with Crippen molar-refractivity contribution in [3.8, 4) is 0 Å². The van der Waals surface area contributed by atoms with E-state index >= 15 is 0 Å². The molecule has 0 aliphatic carbocycles. The number of nitrogens with one attached hydrogen (secondary N) is 1. The number of nitrogens with zero attached hydrogens (tertiary/aromatic N) is 1. The molecular formula is C33H53FN2S. The van der Waals surface area contributed by atoms with Crippen molar-refractivity contribution in [3.05, 3.63) is 108 Å². The predicted molar refractivity (Wildman–Crippen MR) is 169 cm³/mol. The molecule has 2 atom stereocenters. The molecule has 3 rings (SSSR count). The summed E-state index contributed by atoms with van der Waals surface area (Å²) in [6.07, 6.45) is 5.33. The molecule has 0 saturated carbocycles. The fourth-order valence-corrected chi connectivity index (χ4v) is 3.78. The molecule has 1 heterocycles. The van der Waals surface area contributed by atoms with E-state index in [9.17, 15) is 4.39 Å². The first-order chi connectivity index (χ1) is 17.6. The second kappa shape index (κ2) is 20.7. The van der Waals surface area contributed by atoms with Crippen LogP contribution in [-0.2, 0) is 12.8 Å². The maximum atomic E-state index is 13.4. The number of thiol groups is 1. The summed E-state index contributed by atoms with van der Waals surface area (Å²) in [5, 5.41) is 3.23. The van der Waals surface area contributed by atoms with E-state index in [0.29, 0.717) is 11.5 Å². The van der Waals surface area contributed by atoms with Gasteiger partial charge in [-0.25, -0.2) is 8.70 Å². The van der Waals surface area contributed by atoms with Gasteiger partial charge in [0.05, 0.1) is 0 Å². The van der Waals surface area contributed by atoms with Crippen LogP contribution >= 0.6 is 12.8 Å². The lowest BCUT2D eigenvalue weighted by Gasteiger charge is -2.53. The second-order valence-corrected chi connectivity index (χ2v) is 9.38. The van der Waals surface area contributed by atoms with Crippen molar-refractivity contribution < 1.29 is 4.39 Å². The molecule has 208 valence electrons. The van der Waals surface area contributed by atoms with Gasteiger partial charge in [0.1, 0.15) is 5.82 Å².